The zero-order valence-corrected chi connectivity index (χ0v) is 23.0. The van der Waals surface area contributed by atoms with Gasteiger partial charge in [-0.15, -0.1) is 11.3 Å². The second kappa shape index (κ2) is 11.6. The average Bonchev–Trinajstić information content (AvgIpc) is 3.01. The highest BCUT2D eigenvalue weighted by molar-refractivity contribution is 9.38. The van der Waals surface area contributed by atoms with E-state index in [-0.39, 0.29) is 9.25 Å². The normalized spacial score (nSPS) is 11.4. The van der Waals surface area contributed by atoms with Crippen molar-refractivity contribution in [3.63, 3.8) is 0 Å². The minimum absolute atomic E-state index is 0.00492. The number of aromatic nitrogens is 3. The number of thioether (sulfide) groups is 1. The number of hydrogen-bond acceptors (Lipinski definition) is 7. The van der Waals surface area contributed by atoms with Crippen molar-refractivity contribution in [2.75, 3.05) is 11.9 Å². The highest BCUT2D eigenvalue weighted by Gasteiger charge is 2.21. The Morgan fingerprint density at radius 1 is 1.14 bits per heavy atom. The Kier molecular flexibility index (Phi) is 10.1. The largest absolute Gasteiger partial charge is 0.394 e. The lowest BCUT2D eigenvalue weighted by Crippen LogP contribution is -2.35. The Labute approximate surface area is 206 Å². The molecule has 0 spiro atoms. The van der Waals surface area contributed by atoms with Crippen LogP contribution < -0.4 is 5.32 Å². The van der Waals surface area contributed by atoms with Crippen molar-refractivity contribution >= 4 is 103 Å². The molecule has 0 aliphatic rings. The number of halogens is 4. The highest BCUT2D eigenvalue weighted by Crippen LogP contribution is 2.33. The number of nitrogens with zero attached hydrogens (tertiary/aromatic N) is 3. The Morgan fingerprint density at radius 3 is 2.39 bits per heavy atom. The molecule has 0 unspecified atom stereocenters. The number of nitrogens with one attached hydrogen (secondary N) is 1. The van der Waals surface area contributed by atoms with Crippen LogP contribution in [0.25, 0.3) is 10.3 Å². The van der Waals surface area contributed by atoms with Crippen LogP contribution in [0, 0.1) is 0 Å². The molecule has 152 valence electrons. The third-order valence-corrected chi connectivity index (χ3v) is 5.69. The Balaban J connectivity index is 0.000000640. The van der Waals surface area contributed by atoms with Crippen molar-refractivity contribution in [2.45, 2.75) is 32.9 Å². The molecule has 5 nitrogen and oxygen atoms in total. The van der Waals surface area contributed by atoms with Gasteiger partial charge in [0, 0.05) is 5.75 Å². The van der Waals surface area contributed by atoms with Crippen molar-refractivity contribution in [3.8, 4) is 0 Å². The van der Waals surface area contributed by atoms with Crippen LogP contribution in [0.4, 0.5) is 5.82 Å². The number of aliphatic hydroxyl groups is 1. The SMILES string of the molecule is BrC(Br)Br.CC(C)(CO)Nc1nc(SCc2ccccc2)nc2nc(Br)sc12. The van der Waals surface area contributed by atoms with E-state index in [0.29, 0.717) is 16.6 Å². The number of hydrogen-bond donors (Lipinski definition) is 2. The summed E-state index contributed by atoms with van der Waals surface area (Å²) in [7, 11) is 0. The van der Waals surface area contributed by atoms with Gasteiger partial charge in [-0.25, -0.2) is 15.0 Å². The third-order valence-electron chi connectivity index (χ3n) is 3.27. The summed E-state index contributed by atoms with van der Waals surface area (Å²) in [6.45, 7) is 3.85. The lowest BCUT2D eigenvalue weighted by atomic mass is 10.1. The molecule has 0 amide bonds. The molecule has 0 aliphatic heterocycles. The van der Waals surface area contributed by atoms with E-state index in [2.05, 4.69) is 96.1 Å². The van der Waals surface area contributed by atoms with Crippen LogP contribution in [0.3, 0.4) is 0 Å². The van der Waals surface area contributed by atoms with Crippen LogP contribution in [0.1, 0.15) is 19.4 Å². The standard InChI is InChI=1S/C16H17BrN4OS2.CHBr3/c1-16(2,9-22)21-13-11-12(18-14(17)24-11)19-15(20-13)23-8-10-6-4-3-5-7-10;2-1(3)4/h3-7,22H,8-9H2,1-2H3,(H,19,20,21);1H. The summed E-state index contributed by atoms with van der Waals surface area (Å²) in [5.74, 6) is 1.50. The molecule has 0 fully saturated rings. The van der Waals surface area contributed by atoms with Crippen LogP contribution in [0.2, 0.25) is 0 Å². The molecule has 3 aromatic rings. The number of rotatable bonds is 6. The summed E-state index contributed by atoms with van der Waals surface area (Å²) in [4.78, 5) is 13.6. The molecule has 0 radical (unpaired) electrons. The predicted octanol–water partition coefficient (Wildman–Crippen LogP) is 6.78. The molecule has 0 aliphatic carbocycles. The smallest absolute Gasteiger partial charge is 0.191 e. The average molecular weight is 678 g/mol. The number of alkyl halides is 3. The highest BCUT2D eigenvalue weighted by atomic mass is 80.0. The summed E-state index contributed by atoms with van der Waals surface area (Å²) in [5, 5.41) is 13.5. The zero-order chi connectivity index (χ0) is 20.7. The molecular weight excluding hydrogens is 660 g/mol. The van der Waals surface area contributed by atoms with Gasteiger partial charge in [-0.2, -0.15) is 0 Å². The summed E-state index contributed by atoms with van der Waals surface area (Å²) in [6, 6.07) is 10.2. The molecule has 3 rings (SSSR count). The minimum Gasteiger partial charge on any atom is -0.394 e. The number of thiazole rings is 1. The van der Waals surface area contributed by atoms with Gasteiger partial charge in [-0.3, -0.25) is 0 Å². The summed E-state index contributed by atoms with van der Waals surface area (Å²) < 4.78 is 1.92. The predicted molar refractivity (Wildman–Crippen MR) is 134 cm³/mol. The molecule has 2 aromatic heterocycles. The molecular formula is C17H18Br4N4OS2. The number of anilines is 1. The number of aliphatic hydroxyl groups excluding tert-OH is 1. The van der Waals surface area contributed by atoms with Crippen LogP contribution in [0.15, 0.2) is 39.4 Å². The second-order valence-electron chi connectivity index (χ2n) is 6.16. The van der Waals surface area contributed by atoms with Crippen molar-refractivity contribution in [2.24, 2.45) is 0 Å². The first-order chi connectivity index (χ1) is 13.2. The van der Waals surface area contributed by atoms with E-state index in [1.165, 1.54) is 16.9 Å². The van der Waals surface area contributed by atoms with Crippen LogP contribution in [-0.2, 0) is 5.75 Å². The van der Waals surface area contributed by atoms with E-state index >= 15 is 0 Å². The maximum atomic E-state index is 9.52. The van der Waals surface area contributed by atoms with Crippen molar-refractivity contribution in [3.05, 3.63) is 39.8 Å². The van der Waals surface area contributed by atoms with Gasteiger partial charge in [0.25, 0.3) is 0 Å². The molecule has 2 N–H and O–H groups in total. The van der Waals surface area contributed by atoms with E-state index < -0.39 is 5.54 Å². The van der Waals surface area contributed by atoms with Gasteiger partial charge in [0.05, 0.1) is 12.1 Å². The molecule has 0 saturated heterocycles. The summed E-state index contributed by atoms with van der Waals surface area (Å²) in [5.41, 5.74) is 1.41. The van der Waals surface area contributed by atoms with Crippen LogP contribution >= 0.6 is 86.8 Å². The van der Waals surface area contributed by atoms with Crippen molar-refractivity contribution < 1.29 is 5.11 Å². The van der Waals surface area contributed by atoms with Crippen molar-refractivity contribution in [1.29, 1.82) is 0 Å². The molecule has 11 heteroatoms. The number of benzene rings is 1. The quantitative estimate of drug-likeness (QED) is 0.170. The first kappa shape index (κ1) is 24.5. The summed E-state index contributed by atoms with van der Waals surface area (Å²) >= 11 is 15.8. The topological polar surface area (TPSA) is 70.9 Å². The lowest BCUT2D eigenvalue weighted by Gasteiger charge is -2.24. The van der Waals surface area contributed by atoms with Gasteiger partial charge in [0.15, 0.2) is 20.5 Å². The fourth-order valence-electron chi connectivity index (χ4n) is 2.01. The van der Waals surface area contributed by atoms with Crippen LogP contribution in [0.5, 0.6) is 0 Å². The number of fused-ring (bicyclic) bond motifs is 1. The maximum absolute atomic E-state index is 9.52. The van der Waals surface area contributed by atoms with Gasteiger partial charge in [-0.05, 0) is 35.3 Å². The second-order valence-corrected chi connectivity index (χ2v) is 15.8. The maximum Gasteiger partial charge on any atom is 0.191 e. The Hall–Kier alpha value is 0.220. The van der Waals surface area contributed by atoms with E-state index in [1.807, 2.05) is 32.0 Å². The molecule has 0 saturated carbocycles. The molecule has 0 atom stereocenters. The van der Waals surface area contributed by atoms with Gasteiger partial charge in [-0.1, -0.05) is 89.9 Å². The fourth-order valence-corrected chi connectivity index (χ4v) is 4.14. The van der Waals surface area contributed by atoms with E-state index in [4.69, 9.17) is 0 Å². The van der Waals surface area contributed by atoms with E-state index in [1.54, 1.807) is 11.8 Å². The molecule has 0 bridgehead atoms. The van der Waals surface area contributed by atoms with Gasteiger partial charge < -0.3 is 10.4 Å². The Bertz CT molecular complexity index is 891. The van der Waals surface area contributed by atoms with Crippen molar-refractivity contribution in [1.82, 2.24) is 15.0 Å². The first-order valence-corrected chi connectivity index (χ1v) is 13.4. The minimum atomic E-state index is -0.473. The van der Waals surface area contributed by atoms with Gasteiger partial charge in [0.1, 0.15) is 7.35 Å². The summed E-state index contributed by atoms with van der Waals surface area (Å²) in [6.07, 6.45) is 0. The third kappa shape index (κ3) is 8.16. The zero-order valence-electron chi connectivity index (χ0n) is 15.0. The molecule has 1 aromatic carbocycles. The molecule has 2 heterocycles. The fraction of sp³-hybridized carbons (Fsp3) is 0.353. The van der Waals surface area contributed by atoms with Crippen LogP contribution in [-0.4, -0.2) is 34.8 Å². The van der Waals surface area contributed by atoms with Gasteiger partial charge >= 0.3 is 0 Å². The lowest BCUT2D eigenvalue weighted by molar-refractivity contribution is 0.234. The first-order valence-electron chi connectivity index (χ1n) is 8.02. The Morgan fingerprint density at radius 2 is 1.79 bits per heavy atom. The van der Waals surface area contributed by atoms with Gasteiger partial charge in [0.2, 0.25) is 0 Å². The molecule has 28 heavy (non-hydrogen) atoms. The van der Waals surface area contributed by atoms with E-state index in [0.717, 1.165) is 14.4 Å². The monoisotopic (exact) mass is 674 g/mol. The van der Waals surface area contributed by atoms with E-state index in [9.17, 15) is 5.11 Å².